The van der Waals surface area contributed by atoms with Crippen molar-refractivity contribution in [2.45, 2.75) is 11.6 Å². The second-order valence-electron chi connectivity index (χ2n) is 3.31. The van der Waals surface area contributed by atoms with Crippen LogP contribution >= 0.6 is 11.3 Å². The third kappa shape index (κ3) is 2.16. The van der Waals surface area contributed by atoms with E-state index in [2.05, 4.69) is 10.2 Å². The minimum absolute atomic E-state index is 0.116. The SMILES string of the molecule is CN(Cc1ccsc1)S(=O)(=O)c1ccn[nH]1. The van der Waals surface area contributed by atoms with Crippen molar-refractivity contribution in [1.29, 1.82) is 0 Å². The van der Waals surface area contributed by atoms with Gasteiger partial charge in [0.2, 0.25) is 0 Å². The summed E-state index contributed by atoms with van der Waals surface area (Å²) < 4.78 is 25.2. The third-order valence-corrected chi connectivity index (χ3v) is 4.61. The van der Waals surface area contributed by atoms with Gasteiger partial charge in [0.05, 0.1) is 6.20 Å². The van der Waals surface area contributed by atoms with Gasteiger partial charge in [0.1, 0.15) is 0 Å². The molecule has 0 bridgehead atoms. The molecule has 0 aliphatic rings. The zero-order valence-corrected chi connectivity index (χ0v) is 10.3. The first-order valence-corrected chi connectivity index (χ1v) is 6.96. The number of nitrogens with zero attached hydrogens (tertiary/aromatic N) is 2. The zero-order valence-electron chi connectivity index (χ0n) is 8.62. The Kier molecular flexibility index (Phi) is 3.08. The second kappa shape index (κ2) is 4.36. The summed E-state index contributed by atoms with van der Waals surface area (Å²) in [4.78, 5) is 0. The second-order valence-corrected chi connectivity index (χ2v) is 6.11. The van der Waals surface area contributed by atoms with Crippen LogP contribution in [0.5, 0.6) is 0 Å². The average Bonchev–Trinajstić information content (AvgIpc) is 2.89. The Labute approximate surface area is 97.8 Å². The molecule has 1 N–H and O–H groups in total. The van der Waals surface area contributed by atoms with Crippen molar-refractivity contribution in [3.05, 3.63) is 34.7 Å². The highest BCUT2D eigenvalue weighted by molar-refractivity contribution is 7.89. The highest BCUT2D eigenvalue weighted by Crippen LogP contribution is 2.15. The number of nitrogens with one attached hydrogen (secondary N) is 1. The molecule has 0 radical (unpaired) electrons. The van der Waals surface area contributed by atoms with Crippen LogP contribution in [0.1, 0.15) is 5.56 Å². The normalized spacial score (nSPS) is 12.1. The lowest BCUT2D eigenvalue weighted by Crippen LogP contribution is -2.26. The number of H-pyrrole nitrogens is 1. The van der Waals surface area contributed by atoms with Crippen LogP contribution in [0.15, 0.2) is 34.1 Å². The summed E-state index contributed by atoms with van der Waals surface area (Å²) in [6.45, 7) is 0.366. The van der Waals surface area contributed by atoms with Gasteiger partial charge in [-0.3, -0.25) is 5.10 Å². The first-order chi connectivity index (χ1) is 7.60. The van der Waals surface area contributed by atoms with Crippen LogP contribution in [-0.2, 0) is 16.6 Å². The summed E-state index contributed by atoms with van der Waals surface area (Å²) >= 11 is 1.55. The lowest BCUT2D eigenvalue weighted by molar-refractivity contribution is 0.464. The average molecular weight is 257 g/mol. The molecule has 2 aromatic rings. The Bertz CT molecular complexity index is 531. The molecule has 0 spiro atoms. The van der Waals surface area contributed by atoms with E-state index in [1.54, 1.807) is 18.4 Å². The van der Waals surface area contributed by atoms with Gasteiger partial charge < -0.3 is 0 Å². The maximum Gasteiger partial charge on any atom is 0.260 e. The molecule has 0 amide bonds. The lowest BCUT2D eigenvalue weighted by atomic mass is 10.3. The van der Waals surface area contributed by atoms with Crippen LogP contribution < -0.4 is 0 Å². The summed E-state index contributed by atoms with van der Waals surface area (Å²) in [6.07, 6.45) is 1.42. The topological polar surface area (TPSA) is 66.1 Å². The van der Waals surface area contributed by atoms with Crippen LogP contribution in [0.25, 0.3) is 0 Å². The number of thiophene rings is 1. The maximum absolute atomic E-state index is 12.0. The van der Waals surface area contributed by atoms with E-state index in [1.807, 2.05) is 16.8 Å². The molecule has 2 heterocycles. The standard InChI is InChI=1S/C9H11N3O2S2/c1-12(6-8-3-5-15-7-8)16(13,14)9-2-4-10-11-9/h2-5,7H,6H2,1H3,(H,10,11). The number of aromatic nitrogens is 2. The van der Waals surface area contributed by atoms with Crippen LogP contribution in [-0.4, -0.2) is 30.0 Å². The molecule has 2 rings (SSSR count). The minimum atomic E-state index is -3.45. The third-order valence-electron chi connectivity index (χ3n) is 2.15. The summed E-state index contributed by atoms with van der Waals surface area (Å²) in [6, 6.07) is 3.35. The van der Waals surface area contributed by atoms with Gasteiger partial charge in [-0.25, -0.2) is 8.42 Å². The van der Waals surface area contributed by atoms with E-state index in [1.165, 1.54) is 16.6 Å². The summed E-state index contributed by atoms with van der Waals surface area (Å²) in [5, 5.41) is 10.1. The predicted octanol–water partition coefficient (Wildman–Crippen LogP) is 1.29. The van der Waals surface area contributed by atoms with Crippen LogP contribution in [0, 0.1) is 0 Å². The Hall–Kier alpha value is -1.18. The maximum atomic E-state index is 12.0. The molecule has 0 aliphatic carbocycles. The van der Waals surface area contributed by atoms with E-state index in [4.69, 9.17) is 0 Å². The lowest BCUT2D eigenvalue weighted by Gasteiger charge is -2.14. The van der Waals surface area contributed by atoms with Gasteiger partial charge in [-0.1, -0.05) is 0 Å². The summed E-state index contributed by atoms with van der Waals surface area (Å²) in [5.74, 6) is 0. The van der Waals surface area contributed by atoms with Gasteiger partial charge >= 0.3 is 0 Å². The molecule has 0 aromatic carbocycles. The van der Waals surface area contributed by atoms with E-state index in [0.717, 1.165) is 5.56 Å². The Balaban J connectivity index is 2.19. The highest BCUT2D eigenvalue weighted by atomic mass is 32.2. The van der Waals surface area contributed by atoms with E-state index in [0.29, 0.717) is 6.54 Å². The van der Waals surface area contributed by atoms with Crippen molar-refractivity contribution >= 4 is 21.4 Å². The summed E-state index contributed by atoms with van der Waals surface area (Å²) in [5.41, 5.74) is 0.982. The van der Waals surface area contributed by atoms with Gasteiger partial charge in [0.25, 0.3) is 10.0 Å². The van der Waals surface area contributed by atoms with Crippen molar-refractivity contribution in [3.8, 4) is 0 Å². The molecule has 0 fully saturated rings. The molecule has 0 saturated carbocycles. The fraction of sp³-hybridized carbons (Fsp3) is 0.222. The molecule has 2 aromatic heterocycles. The van der Waals surface area contributed by atoms with Gasteiger partial charge in [0, 0.05) is 13.6 Å². The monoisotopic (exact) mass is 257 g/mol. The number of hydrogen-bond donors (Lipinski definition) is 1. The Morgan fingerprint density at radius 1 is 1.50 bits per heavy atom. The quantitative estimate of drug-likeness (QED) is 0.897. The fourth-order valence-electron chi connectivity index (χ4n) is 1.28. The van der Waals surface area contributed by atoms with Crippen molar-refractivity contribution in [2.24, 2.45) is 0 Å². The minimum Gasteiger partial charge on any atom is -0.266 e. The number of aromatic amines is 1. The first-order valence-electron chi connectivity index (χ1n) is 4.57. The number of hydrogen-bond acceptors (Lipinski definition) is 4. The van der Waals surface area contributed by atoms with Crippen molar-refractivity contribution in [2.75, 3.05) is 7.05 Å². The van der Waals surface area contributed by atoms with Gasteiger partial charge in [0.15, 0.2) is 5.03 Å². The molecule has 5 nitrogen and oxygen atoms in total. The fourth-order valence-corrected chi connectivity index (χ4v) is 2.99. The molecule has 0 saturated heterocycles. The molecular formula is C9H11N3O2S2. The Morgan fingerprint density at radius 3 is 2.88 bits per heavy atom. The Morgan fingerprint density at radius 2 is 2.31 bits per heavy atom. The summed E-state index contributed by atoms with van der Waals surface area (Å²) in [7, 11) is -1.90. The molecule has 0 atom stereocenters. The molecule has 0 aliphatic heterocycles. The van der Waals surface area contributed by atoms with Gasteiger partial charge in [-0.15, -0.1) is 0 Å². The van der Waals surface area contributed by atoms with Crippen molar-refractivity contribution in [1.82, 2.24) is 14.5 Å². The van der Waals surface area contributed by atoms with E-state index in [-0.39, 0.29) is 5.03 Å². The van der Waals surface area contributed by atoms with Gasteiger partial charge in [-0.05, 0) is 28.5 Å². The molecule has 0 unspecified atom stereocenters. The number of sulfonamides is 1. The smallest absolute Gasteiger partial charge is 0.260 e. The van der Waals surface area contributed by atoms with E-state index in [9.17, 15) is 8.42 Å². The van der Waals surface area contributed by atoms with Crippen LogP contribution in [0.3, 0.4) is 0 Å². The predicted molar refractivity (Wildman–Crippen MR) is 61.6 cm³/mol. The zero-order chi connectivity index (χ0) is 11.6. The van der Waals surface area contributed by atoms with Crippen LogP contribution in [0.4, 0.5) is 0 Å². The molecule has 86 valence electrons. The number of rotatable bonds is 4. The largest absolute Gasteiger partial charge is 0.266 e. The van der Waals surface area contributed by atoms with Crippen LogP contribution in [0.2, 0.25) is 0 Å². The van der Waals surface area contributed by atoms with E-state index < -0.39 is 10.0 Å². The van der Waals surface area contributed by atoms with Gasteiger partial charge in [-0.2, -0.15) is 20.7 Å². The van der Waals surface area contributed by atoms with E-state index >= 15 is 0 Å². The molecule has 7 heteroatoms. The van der Waals surface area contributed by atoms with Crippen molar-refractivity contribution < 1.29 is 8.42 Å². The van der Waals surface area contributed by atoms with Crippen molar-refractivity contribution in [3.63, 3.8) is 0 Å². The highest BCUT2D eigenvalue weighted by Gasteiger charge is 2.21. The molecular weight excluding hydrogens is 246 g/mol. The molecule has 16 heavy (non-hydrogen) atoms. The first kappa shape index (κ1) is 11.3.